The van der Waals surface area contributed by atoms with E-state index in [-0.39, 0.29) is 5.82 Å². The fourth-order valence-corrected chi connectivity index (χ4v) is 1.87. The molecule has 0 aliphatic carbocycles. The predicted octanol–water partition coefficient (Wildman–Crippen LogP) is 0.835. The molecule has 2 heterocycles. The first-order valence-electron chi connectivity index (χ1n) is 6.27. The summed E-state index contributed by atoms with van der Waals surface area (Å²) >= 11 is 0. The molecule has 0 fully saturated rings. The van der Waals surface area contributed by atoms with Gasteiger partial charge in [0.05, 0.1) is 18.8 Å². The Bertz CT molecular complexity index is 605. The number of aliphatic hydroxyl groups is 1. The fourth-order valence-electron chi connectivity index (χ4n) is 1.87. The topological polar surface area (TPSA) is 112 Å². The Balaban J connectivity index is 2.07. The van der Waals surface area contributed by atoms with Crippen molar-refractivity contribution in [2.75, 3.05) is 0 Å². The molecule has 1 unspecified atom stereocenters. The van der Waals surface area contributed by atoms with Crippen molar-refractivity contribution < 1.29 is 10.0 Å². The average molecular weight is 280 g/mol. The van der Waals surface area contributed by atoms with Crippen LogP contribution in [0.2, 0.25) is 0 Å². The van der Waals surface area contributed by atoms with Crippen molar-refractivity contribution in [3.8, 4) is 0 Å². The van der Waals surface area contributed by atoms with Crippen LogP contribution >= 0.6 is 0 Å². The maximum atomic E-state index is 10.9. The van der Waals surface area contributed by atoms with Crippen LogP contribution in [0.3, 0.4) is 0 Å². The Morgan fingerprint density at radius 2 is 2.25 bits per heavy atom. The Hall–Kier alpha value is -2.29. The molecule has 2 aromatic rings. The minimum absolute atomic E-state index is 0.0450. The number of aromatic nitrogens is 5. The molecular formula is C11H16N6O3. The second kappa shape index (κ2) is 5.78. The Kier molecular flexibility index (Phi) is 4.08. The van der Waals surface area contributed by atoms with Gasteiger partial charge in [-0.1, -0.05) is 12.1 Å². The van der Waals surface area contributed by atoms with Crippen molar-refractivity contribution in [1.82, 2.24) is 24.5 Å². The van der Waals surface area contributed by atoms with Crippen LogP contribution in [0.1, 0.15) is 31.0 Å². The van der Waals surface area contributed by atoms with Gasteiger partial charge in [-0.25, -0.2) is 14.2 Å². The van der Waals surface area contributed by atoms with Crippen molar-refractivity contribution in [2.24, 2.45) is 0 Å². The molecule has 0 amide bonds. The minimum Gasteiger partial charge on any atom is -0.387 e. The third kappa shape index (κ3) is 2.82. The third-order valence-electron chi connectivity index (χ3n) is 3.06. The van der Waals surface area contributed by atoms with Crippen LogP contribution < -0.4 is 0 Å². The molecule has 20 heavy (non-hydrogen) atoms. The monoisotopic (exact) mass is 280 g/mol. The normalized spacial score (nSPS) is 12.6. The van der Waals surface area contributed by atoms with Gasteiger partial charge >= 0.3 is 5.82 Å². The molecule has 108 valence electrons. The molecule has 9 heteroatoms. The summed E-state index contributed by atoms with van der Waals surface area (Å²) < 4.78 is 3.06. The summed E-state index contributed by atoms with van der Waals surface area (Å²) in [6.45, 7) is 4.34. The summed E-state index contributed by atoms with van der Waals surface area (Å²) in [6, 6.07) is 0. The number of rotatable bonds is 6. The molecule has 0 aromatic carbocycles. The average Bonchev–Trinajstić information content (AvgIpc) is 3.02. The summed E-state index contributed by atoms with van der Waals surface area (Å²) in [6.07, 6.45) is 2.81. The van der Waals surface area contributed by atoms with E-state index in [9.17, 15) is 15.2 Å². The van der Waals surface area contributed by atoms with E-state index >= 15 is 0 Å². The predicted molar refractivity (Wildman–Crippen MR) is 68.9 cm³/mol. The molecule has 2 rings (SSSR count). The zero-order valence-electron chi connectivity index (χ0n) is 11.3. The second-order valence-electron chi connectivity index (χ2n) is 4.40. The molecule has 0 spiro atoms. The number of nitrogens with zero attached hydrogens (tertiary/aromatic N) is 6. The van der Waals surface area contributed by atoms with E-state index in [4.69, 9.17) is 0 Å². The number of aryl methyl sites for hydroxylation is 2. The second-order valence-corrected chi connectivity index (χ2v) is 4.40. The lowest BCUT2D eigenvalue weighted by atomic mass is 10.2. The van der Waals surface area contributed by atoms with Gasteiger partial charge in [0.2, 0.25) is 0 Å². The van der Waals surface area contributed by atoms with Gasteiger partial charge in [0.1, 0.15) is 18.4 Å². The van der Waals surface area contributed by atoms with Crippen molar-refractivity contribution in [3.05, 3.63) is 34.0 Å². The van der Waals surface area contributed by atoms with Gasteiger partial charge < -0.3 is 15.2 Å². The highest BCUT2D eigenvalue weighted by Gasteiger charge is 2.17. The highest BCUT2D eigenvalue weighted by molar-refractivity contribution is 5.18. The van der Waals surface area contributed by atoms with Crippen LogP contribution in [0, 0.1) is 17.0 Å². The molecular weight excluding hydrogens is 264 g/mol. The summed E-state index contributed by atoms with van der Waals surface area (Å²) in [5.74, 6) is 0.530. The van der Waals surface area contributed by atoms with E-state index in [1.165, 1.54) is 10.8 Å². The van der Waals surface area contributed by atoms with Crippen LogP contribution in [-0.2, 0) is 13.1 Å². The number of aliphatic hydroxyl groups excluding tert-OH is 1. The van der Waals surface area contributed by atoms with Gasteiger partial charge in [-0.2, -0.15) is 0 Å². The van der Waals surface area contributed by atoms with Crippen LogP contribution in [-0.4, -0.2) is 34.6 Å². The zero-order chi connectivity index (χ0) is 14.7. The van der Waals surface area contributed by atoms with E-state index in [0.717, 1.165) is 0 Å². The first kappa shape index (κ1) is 14.1. The largest absolute Gasteiger partial charge is 0.387 e. The van der Waals surface area contributed by atoms with Crippen molar-refractivity contribution in [2.45, 2.75) is 39.5 Å². The molecule has 9 nitrogen and oxygen atoms in total. The molecule has 0 bridgehead atoms. The Morgan fingerprint density at radius 3 is 2.90 bits per heavy atom. The number of nitro groups is 1. The minimum atomic E-state index is -0.631. The molecule has 0 aliphatic heterocycles. The summed E-state index contributed by atoms with van der Waals surface area (Å²) in [4.78, 5) is 14.3. The van der Waals surface area contributed by atoms with Crippen LogP contribution in [0.4, 0.5) is 5.82 Å². The van der Waals surface area contributed by atoms with E-state index in [2.05, 4.69) is 15.3 Å². The number of hydrogen-bond donors (Lipinski definition) is 1. The van der Waals surface area contributed by atoms with Gasteiger partial charge in [0, 0.05) is 6.92 Å². The lowest BCUT2D eigenvalue weighted by Crippen LogP contribution is -2.11. The third-order valence-corrected chi connectivity index (χ3v) is 3.06. The summed E-state index contributed by atoms with van der Waals surface area (Å²) in [5, 5.41) is 28.3. The van der Waals surface area contributed by atoms with E-state index in [1.54, 1.807) is 17.8 Å². The van der Waals surface area contributed by atoms with Gasteiger partial charge in [-0.15, -0.1) is 5.10 Å². The SMILES string of the molecule is CCC(O)c1cn(CCn2c([N+](=O)[O-])cnc2C)nn1. The summed E-state index contributed by atoms with van der Waals surface area (Å²) in [7, 11) is 0. The lowest BCUT2D eigenvalue weighted by molar-refractivity contribution is -0.392. The number of hydrogen-bond acceptors (Lipinski definition) is 6. The molecule has 2 aromatic heterocycles. The lowest BCUT2D eigenvalue weighted by Gasteiger charge is -2.03. The van der Waals surface area contributed by atoms with Gasteiger partial charge in [0.25, 0.3) is 0 Å². The highest BCUT2D eigenvalue weighted by Crippen LogP contribution is 2.15. The summed E-state index contributed by atoms with van der Waals surface area (Å²) in [5.41, 5.74) is 0.504. The fraction of sp³-hybridized carbons (Fsp3) is 0.545. The van der Waals surface area contributed by atoms with Crippen molar-refractivity contribution in [1.29, 1.82) is 0 Å². The quantitative estimate of drug-likeness (QED) is 0.619. The molecule has 0 radical (unpaired) electrons. The molecule has 0 saturated heterocycles. The standard InChI is InChI=1S/C11H16N6O3/c1-3-10(18)9-7-15(14-13-9)4-5-16-8(2)12-6-11(16)17(19)20/h6-7,10,18H,3-5H2,1-2H3. The maximum Gasteiger partial charge on any atom is 0.342 e. The molecule has 1 N–H and O–H groups in total. The van der Waals surface area contributed by atoms with Crippen LogP contribution in [0.25, 0.3) is 0 Å². The van der Waals surface area contributed by atoms with Crippen LogP contribution in [0.15, 0.2) is 12.4 Å². The van der Waals surface area contributed by atoms with Crippen molar-refractivity contribution >= 4 is 5.82 Å². The molecule has 1 atom stereocenters. The number of imidazole rings is 1. The first-order chi connectivity index (χ1) is 9.52. The molecule has 0 saturated carbocycles. The molecule has 0 aliphatic rings. The Morgan fingerprint density at radius 1 is 1.50 bits per heavy atom. The van der Waals surface area contributed by atoms with E-state index < -0.39 is 11.0 Å². The zero-order valence-corrected chi connectivity index (χ0v) is 11.3. The smallest absolute Gasteiger partial charge is 0.342 e. The van der Waals surface area contributed by atoms with Gasteiger partial charge in [-0.05, 0) is 11.3 Å². The van der Waals surface area contributed by atoms with Crippen molar-refractivity contribution in [3.63, 3.8) is 0 Å². The first-order valence-corrected chi connectivity index (χ1v) is 6.27. The van der Waals surface area contributed by atoms with E-state index in [0.29, 0.717) is 31.0 Å². The van der Waals surface area contributed by atoms with Crippen LogP contribution in [0.5, 0.6) is 0 Å². The highest BCUT2D eigenvalue weighted by atomic mass is 16.6. The Labute approximate surface area is 115 Å². The maximum absolute atomic E-state index is 10.9. The van der Waals surface area contributed by atoms with Gasteiger partial charge in [0.15, 0.2) is 5.82 Å². The van der Waals surface area contributed by atoms with Gasteiger partial charge in [-0.3, -0.25) is 0 Å². The van der Waals surface area contributed by atoms with E-state index in [1.807, 2.05) is 6.92 Å².